The van der Waals surface area contributed by atoms with E-state index in [4.69, 9.17) is 14.6 Å². The van der Waals surface area contributed by atoms with Gasteiger partial charge in [-0.15, -0.1) is 0 Å². The van der Waals surface area contributed by atoms with Crippen LogP contribution in [0.5, 0.6) is 5.75 Å². The van der Waals surface area contributed by atoms with Crippen LogP contribution in [-0.2, 0) is 22.7 Å². The van der Waals surface area contributed by atoms with Crippen molar-refractivity contribution in [3.05, 3.63) is 65.2 Å². The van der Waals surface area contributed by atoms with E-state index in [0.29, 0.717) is 24.5 Å². The zero-order valence-electron chi connectivity index (χ0n) is 14.3. The van der Waals surface area contributed by atoms with Crippen molar-refractivity contribution < 1.29 is 24.2 Å². The fourth-order valence-electron chi connectivity index (χ4n) is 2.36. The van der Waals surface area contributed by atoms with Crippen molar-refractivity contribution >= 4 is 11.9 Å². The lowest BCUT2D eigenvalue weighted by Gasteiger charge is -2.18. The monoisotopic (exact) mass is 343 g/mol. The summed E-state index contributed by atoms with van der Waals surface area (Å²) in [6, 6.07) is 14.3. The van der Waals surface area contributed by atoms with Crippen LogP contribution in [0.1, 0.15) is 21.5 Å². The van der Waals surface area contributed by atoms with Gasteiger partial charge < -0.3 is 19.5 Å². The van der Waals surface area contributed by atoms with Gasteiger partial charge in [-0.05, 0) is 35.4 Å². The molecule has 0 atom stereocenters. The van der Waals surface area contributed by atoms with Gasteiger partial charge in [0.15, 0.2) is 6.61 Å². The number of hydrogen-bond donors (Lipinski definition) is 1. The molecule has 132 valence electrons. The number of ether oxygens (including phenoxy) is 2. The van der Waals surface area contributed by atoms with Crippen LogP contribution in [0.15, 0.2) is 48.5 Å². The standard InChI is InChI=1S/C19H21NO5/c1-20(19(23)16-5-3-4-15(10-16)12-24-2)11-14-6-8-17(9-7-14)25-13-18(21)22/h3-10H,11-13H2,1-2H3,(H,21,22). The maximum absolute atomic E-state index is 12.5. The zero-order chi connectivity index (χ0) is 18.2. The Morgan fingerprint density at radius 2 is 1.80 bits per heavy atom. The molecule has 0 saturated heterocycles. The summed E-state index contributed by atoms with van der Waals surface area (Å²) in [5, 5.41) is 8.59. The molecule has 6 nitrogen and oxygen atoms in total. The van der Waals surface area contributed by atoms with E-state index in [1.807, 2.05) is 30.3 Å². The number of aliphatic carboxylic acids is 1. The Balaban J connectivity index is 1.98. The molecule has 0 heterocycles. The van der Waals surface area contributed by atoms with E-state index in [-0.39, 0.29) is 12.5 Å². The first-order valence-corrected chi connectivity index (χ1v) is 7.76. The van der Waals surface area contributed by atoms with Crippen LogP contribution in [0.2, 0.25) is 0 Å². The predicted molar refractivity (Wildman–Crippen MR) is 92.5 cm³/mol. The van der Waals surface area contributed by atoms with E-state index < -0.39 is 5.97 Å². The maximum Gasteiger partial charge on any atom is 0.341 e. The van der Waals surface area contributed by atoms with Gasteiger partial charge >= 0.3 is 5.97 Å². The molecule has 2 aromatic rings. The molecule has 2 aromatic carbocycles. The van der Waals surface area contributed by atoms with Crippen LogP contribution >= 0.6 is 0 Å². The van der Waals surface area contributed by atoms with E-state index >= 15 is 0 Å². The molecular weight excluding hydrogens is 322 g/mol. The maximum atomic E-state index is 12.5. The van der Waals surface area contributed by atoms with Crippen molar-refractivity contribution in [2.24, 2.45) is 0 Å². The first-order valence-electron chi connectivity index (χ1n) is 7.76. The van der Waals surface area contributed by atoms with Crippen LogP contribution < -0.4 is 4.74 Å². The number of methoxy groups -OCH3 is 1. The molecule has 2 rings (SSSR count). The van der Waals surface area contributed by atoms with Crippen molar-refractivity contribution in [2.45, 2.75) is 13.2 Å². The molecule has 1 amide bonds. The predicted octanol–water partition coefficient (Wildman–Crippen LogP) is 2.57. The number of carboxylic acid groups (broad SMARTS) is 1. The second-order valence-corrected chi connectivity index (χ2v) is 5.62. The molecule has 1 N–H and O–H groups in total. The third kappa shape index (κ3) is 5.61. The van der Waals surface area contributed by atoms with E-state index in [1.54, 1.807) is 37.3 Å². The van der Waals surface area contributed by atoms with Crippen LogP contribution in [-0.4, -0.2) is 42.6 Å². The average Bonchev–Trinajstić information content (AvgIpc) is 2.61. The van der Waals surface area contributed by atoms with Crippen molar-refractivity contribution in [1.29, 1.82) is 0 Å². The van der Waals surface area contributed by atoms with Gasteiger partial charge in [0, 0.05) is 26.3 Å². The number of carbonyl (C=O) groups excluding carboxylic acids is 1. The molecule has 0 bridgehead atoms. The first kappa shape index (κ1) is 18.5. The van der Waals surface area contributed by atoms with Gasteiger partial charge in [0.25, 0.3) is 5.91 Å². The van der Waals surface area contributed by atoms with Gasteiger partial charge in [-0.25, -0.2) is 4.79 Å². The summed E-state index contributed by atoms with van der Waals surface area (Å²) in [6.07, 6.45) is 0. The molecule has 0 radical (unpaired) electrons. The summed E-state index contributed by atoms with van der Waals surface area (Å²) in [4.78, 5) is 24.7. The van der Waals surface area contributed by atoms with Crippen LogP contribution in [0, 0.1) is 0 Å². The normalized spacial score (nSPS) is 10.3. The highest BCUT2D eigenvalue weighted by Crippen LogP contribution is 2.15. The Labute approximate surface area is 146 Å². The molecule has 25 heavy (non-hydrogen) atoms. The van der Waals surface area contributed by atoms with Crippen LogP contribution in [0.3, 0.4) is 0 Å². The van der Waals surface area contributed by atoms with Gasteiger partial charge in [0.05, 0.1) is 6.61 Å². The highest BCUT2D eigenvalue weighted by Gasteiger charge is 2.12. The summed E-state index contributed by atoms with van der Waals surface area (Å²) >= 11 is 0. The number of carboxylic acids is 1. The summed E-state index contributed by atoms with van der Waals surface area (Å²) < 4.78 is 10.2. The summed E-state index contributed by atoms with van der Waals surface area (Å²) in [7, 11) is 3.35. The van der Waals surface area contributed by atoms with E-state index in [0.717, 1.165) is 11.1 Å². The fraction of sp³-hybridized carbons (Fsp3) is 0.263. The van der Waals surface area contributed by atoms with Crippen molar-refractivity contribution in [3.63, 3.8) is 0 Å². The second-order valence-electron chi connectivity index (χ2n) is 5.62. The first-order chi connectivity index (χ1) is 12.0. The Bertz CT molecular complexity index is 727. The van der Waals surface area contributed by atoms with Crippen molar-refractivity contribution in [3.8, 4) is 5.75 Å². The van der Waals surface area contributed by atoms with Gasteiger partial charge in [0.2, 0.25) is 0 Å². The van der Waals surface area contributed by atoms with Crippen LogP contribution in [0.4, 0.5) is 0 Å². The lowest BCUT2D eigenvalue weighted by molar-refractivity contribution is -0.139. The van der Waals surface area contributed by atoms with Crippen molar-refractivity contribution in [1.82, 2.24) is 4.90 Å². The second kappa shape index (κ2) is 8.84. The Hall–Kier alpha value is -2.86. The lowest BCUT2D eigenvalue weighted by atomic mass is 10.1. The fourth-order valence-corrected chi connectivity index (χ4v) is 2.36. The molecule has 0 aliphatic heterocycles. The number of benzene rings is 2. The summed E-state index contributed by atoms with van der Waals surface area (Å²) in [5.41, 5.74) is 2.48. The quantitative estimate of drug-likeness (QED) is 0.797. The smallest absolute Gasteiger partial charge is 0.341 e. The summed E-state index contributed by atoms with van der Waals surface area (Å²) in [5.74, 6) is -0.623. The van der Waals surface area contributed by atoms with E-state index in [9.17, 15) is 9.59 Å². The number of carbonyl (C=O) groups is 2. The Kier molecular flexibility index (Phi) is 6.54. The van der Waals surface area contributed by atoms with Gasteiger partial charge in [-0.3, -0.25) is 4.79 Å². The van der Waals surface area contributed by atoms with Crippen molar-refractivity contribution in [2.75, 3.05) is 20.8 Å². The minimum absolute atomic E-state index is 0.0795. The topological polar surface area (TPSA) is 76.1 Å². The number of rotatable bonds is 8. The molecule has 0 aliphatic rings. The number of hydrogen-bond acceptors (Lipinski definition) is 4. The molecule has 0 aromatic heterocycles. The molecule has 6 heteroatoms. The molecule has 0 aliphatic carbocycles. The lowest BCUT2D eigenvalue weighted by Crippen LogP contribution is -2.26. The Morgan fingerprint density at radius 3 is 2.44 bits per heavy atom. The molecule has 0 saturated carbocycles. The molecule has 0 unspecified atom stereocenters. The third-order valence-corrected chi connectivity index (χ3v) is 3.54. The SMILES string of the molecule is COCc1cccc(C(=O)N(C)Cc2ccc(OCC(=O)O)cc2)c1. The highest BCUT2D eigenvalue weighted by molar-refractivity contribution is 5.94. The van der Waals surface area contributed by atoms with Gasteiger partial charge in [-0.1, -0.05) is 24.3 Å². The van der Waals surface area contributed by atoms with E-state index in [1.165, 1.54) is 0 Å². The minimum Gasteiger partial charge on any atom is -0.482 e. The Morgan fingerprint density at radius 1 is 1.08 bits per heavy atom. The highest BCUT2D eigenvalue weighted by atomic mass is 16.5. The third-order valence-electron chi connectivity index (χ3n) is 3.54. The van der Waals surface area contributed by atoms with Gasteiger partial charge in [0.1, 0.15) is 5.75 Å². The summed E-state index contributed by atoms with van der Waals surface area (Å²) in [6.45, 7) is 0.519. The minimum atomic E-state index is -1.02. The zero-order valence-corrected chi connectivity index (χ0v) is 14.3. The number of amides is 1. The number of nitrogens with zero attached hydrogens (tertiary/aromatic N) is 1. The molecule has 0 spiro atoms. The van der Waals surface area contributed by atoms with E-state index in [2.05, 4.69) is 0 Å². The molecule has 0 fully saturated rings. The largest absolute Gasteiger partial charge is 0.482 e. The van der Waals surface area contributed by atoms with Crippen LogP contribution in [0.25, 0.3) is 0 Å². The van der Waals surface area contributed by atoms with Gasteiger partial charge in [-0.2, -0.15) is 0 Å². The average molecular weight is 343 g/mol. The molecular formula is C19H21NO5.